The third kappa shape index (κ3) is 3.46. The van der Waals surface area contributed by atoms with Crippen LogP contribution in [0.15, 0.2) is 17.0 Å². The summed E-state index contributed by atoms with van der Waals surface area (Å²) < 4.78 is 30.2. The highest BCUT2D eigenvalue weighted by Crippen LogP contribution is 2.20. The molecule has 17 heavy (non-hydrogen) atoms. The van der Waals surface area contributed by atoms with Gasteiger partial charge in [0.15, 0.2) is 0 Å². The number of hydrogen-bond acceptors (Lipinski definition) is 7. The number of ether oxygens (including phenoxy) is 1. The third-order valence-electron chi connectivity index (χ3n) is 1.86. The van der Waals surface area contributed by atoms with Gasteiger partial charge in [-0.3, -0.25) is 0 Å². The largest absolute Gasteiger partial charge is 0.383 e. The number of nitrogen functional groups attached to an aromatic ring is 1. The van der Waals surface area contributed by atoms with E-state index in [1.54, 1.807) is 0 Å². The van der Waals surface area contributed by atoms with Gasteiger partial charge in [0.1, 0.15) is 0 Å². The molecular formula is C8H14N4O3S2. The van der Waals surface area contributed by atoms with E-state index in [9.17, 15) is 8.42 Å². The average Bonchev–Trinajstić information content (AvgIpc) is 2.71. The molecule has 0 aliphatic heterocycles. The standard InChI is InChI=1S/C8H14N4O3S2/c1-3-4-12(5-6-15-2)17(13,14)8-11-10-7(9)16-8/h3H,1,4-6H2,2H3,(H2,9,10). The average molecular weight is 278 g/mol. The first-order valence-corrected chi connectivity index (χ1v) is 6.97. The molecule has 0 aromatic carbocycles. The van der Waals surface area contributed by atoms with Crippen LogP contribution in [0.4, 0.5) is 5.13 Å². The first-order chi connectivity index (χ1) is 8.02. The lowest BCUT2D eigenvalue weighted by Crippen LogP contribution is -2.34. The van der Waals surface area contributed by atoms with Crippen LogP contribution in [-0.2, 0) is 14.8 Å². The predicted molar refractivity (Wildman–Crippen MR) is 65.2 cm³/mol. The van der Waals surface area contributed by atoms with E-state index in [1.165, 1.54) is 17.5 Å². The molecule has 0 spiro atoms. The van der Waals surface area contributed by atoms with Gasteiger partial charge in [0.05, 0.1) is 6.61 Å². The first-order valence-electron chi connectivity index (χ1n) is 4.71. The Morgan fingerprint density at radius 1 is 1.59 bits per heavy atom. The summed E-state index contributed by atoms with van der Waals surface area (Å²) in [6.07, 6.45) is 1.50. The predicted octanol–water partition coefficient (Wildman–Crippen LogP) is -0.0566. The van der Waals surface area contributed by atoms with Crippen molar-refractivity contribution in [2.24, 2.45) is 0 Å². The zero-order chi connectivity index (χ0) is 12.9. The third-order valence-corrected chi connectivity index (χ3v) is 4.82. The summed E-state index contributed by atoms with van der Waals surface area (Å²) in [5.41, 5.74) is 5.37. The summed E-state index contributed by atoms with van der Waals surface area (Å²) in [7, 11) is -2.17. The summed E-state index contributed by atoms with van der Waals surface area (Å²) in [6, 6.07) is 0. The molecule has 0 radical (unpaired) electrons. The molecule has 0 saturated carbocycles. The number of sulfonamides is 1. The van der Waals surface area contributed by atoms with Crippen LogP contribution in [0.1, 0.15) is 0 Å². The highest BCUT2D eigenvalue weighted by Gasteiger charge is 2.27. The van der Waals surface area contributed by atoms with Gasteiger partial charge < -0.3 is 10.5 Å². The van der Waals surface area contributed by atoms with Gasteiger partial charge in [0.2, 0.25) is 9.47 Å². The molecule has 0 unspecified atom stereocenters. The fourth-order valence-corrected chi connectivity index (χ4v) is 3.40. The molecule has 1 rings (SSSR count). The second-order valence-electron chi connectivity index (χ2n) is 3.05. The van der Waals surface area contributed by atoms with Crippen molar-refractivity contribution in [2.45, 2.75) is 4.34 Å². The fraction of sp³-hybridized carbons (Fsp3) is 0.500. The maximum Gasteiger partial charge on any atom is 0.272 e. The lowest BCUT2D eigenvalue weighted by molar-refractivity contribution is 0.182. The van der Waals surface area contributed by atoms with E-state index in [1.807, 2.05) is 0 Å². The van der Waals surface area contributed by atoms with Crippen molar-refractivity contribution in [3.8, 4) is 0 Å². The molecule has 0 aliphatic carbocycles. The lowest BCUT2D eigenvalue weighted by Gasteiger charge is -2.17. The molecule has 96 valence electrons. The summed E-state index contributed by atoms with van der Waals surface area (Å²) in [4.78, 5) is 0. The maximum absolute atomic E-state index is 12.1. The lowest BCUT2D eigenvalue weighted by atomic mass is 10.6. The molecule has 0 amide bonds. The van der Waals surface area contributed by atoms with E-state index < -0.39 is 10.0 Å². The Labute approximate surface area is 104 Å². The van der Waals surface area contributed by atoms with E-state index in [2.05, 4.69) is 16.8 Å². The van der Waals surface area contributed by atoms with Gasteiger partial charge in [-0.05, 0) is 0 Å². The first kappa shape index (κ1) is 14.0. The van der Waals surface area contributed by atoms with Gasteiger partial charge in [-0.2, -0.15) is 4.31 Å². The monoisotopic (exact) mass is 278 g/mol. The Hall–Kier alpha value is -1.03. The van der Waals surface area contributed by atoms with Crippen molar-refractivity contribution >= 4 is 26.5 Å². The van der Waals surface area contributed by atoms with Crippen LogP contribution in [0.2, 0.25) is 0 Å². The molecule has 0 fully saturated rings. The number of nitrogens with two attached hydrogens (primary N) is 1. The van der Waals surface area contributed by atoms with E-state index in [-0.39, 0.29) is 22.6 Å². The molecule has 1 aromatic rings. The van der Waals surface area contributed by atoms with Crippen molar-refractivity contribution < 1.29 is 13.2 Å². The molecule has 0 aliphatic rings. The smallest absolute Gasteiger partial charge is 0.272 e. The minimum absolute atomic E-state index is 0.118. The summed E-state index contributed by atoms with van der Waals surface area (Å²) in [6.45, 7) is 4.22. The van der Waals surface area contributed by atoms with E-state index in [0.29, 0.717) is 6.61 Å². The van der Waals surface area contributed by atoms with Crippen molar-refractivity contribution in [3.05, 3.63) is 12.7 Å². The highest BCUT2D eigenvalue weighted by molar-refractivity contribution is 7.91. The normalized spacial score (nSPS) is 11.9. The molecule has 1 aromatic heterocycles. The number of methoxy groups -OCH3 is 1. The number of hydrogen-bond donors (Lipinski definition) is 1. The Bertz CT molecular complexity index is 471. The van der Waals surface area contributed by atoms with Crippen molar-refractivity contribution in [1.29, 1.82) is 0 Å². The van der Waals surface area contributed by atoms with Crippen LogP contribution in [0, 0.1) is 0 Å². The molecular weight excluding hydrogens is 264 g/mol. The van der Waals surface area contributed by atoms with E-state index in [0.717, 1.165) is 11.3 Å². The molecule has 0 bridgehead atoms. The Balaban J connectivity index is 2.95. The van der Waals surface area contributed by atoms with Crippen LogP contribution in [0.3, 0.4) is 0 Å². The number of rotatable bonds is 7. The second-order valence-corrected chi connectivity index (χ2v) is 6.17. The number of aromatic nitrogens is 2. The molecule has 1 heterocycles. The molecule has 0 saturated heterocycles. The molecule has 0 atom stereocenters. The Kier molecular flexibility index (Phi) is 5.00. The minimum Gasteiger partial charge on any atom is -0.383 e. The van der Waals surface area contributed by atoms with Gasteiger partial charge in [-0.25, -0.2) is 8.42 Å². The van der Waals surface area contributed by atoms with Crippen molar-refractivity contribution in [2.75, 3.05) is 32.5 Å². The summed E-state index contributed by atoms with van der Waals surface area (Å²) in [5, 5.41) is 7.15. The van der Waals surface area contributed by atoms with Gasteiger partial charge in [-0.15, -0.1) is 16.8 Å². The summed E-state index contributed by atoms with van der Waals surface area (Å²) >= 11 is 0.833. The Morgan fingerprint density at radius 2 is 2.29 bits per heavy atom. The highest BCUT2D eigenvalue weighted by atomic mass is 32.2. The topological polar surface area (TPSA) is 98.4 Å². The molecule has 2 N–H and O–H groups in total. The summed E-state index contributed by atoms with van der Waals surface area (Å²) in [5.74, 6) is 0. The van der Waals surface area contributed by atoms with Crippen molar-refractivity contribution in [3.63, 3.8) is 0 Å². The van der Waals surface area contributed by atoms with Gasteiger partial charge in [0, 0.05) is 20.2 Å². The quantitative estimate of drug-likeness (QED) is 0.702. The van der Waals surface area contributed by atoms with E-state index in [4.69, 9.17) is 10.5 Å². The number of anilines is 1. The minimum atomic E-state index is -3.67. The van der Waals surface area contributed by atoms with Crippen LogP contribution < -0.4 is 5.73 Å². The number of nitrogens with zero attached hydrogens (tertiary/aromatic N) is 3. The fourth-order valence-electron chi connectivity index (χ4n) is 1.08. The second kappa shape index (κ2) is 6.05. The van der Waals surface area contributed by atoms with Crippen LogP contribution in [0.25, 0.3) is 0 Å². The van der Waals surface area contributed by atoms with Gasteiger partial charge in [-0.1, -0.05) is 17.4 Å². The van der Waals surface area contributed by atoms with Crippen LogP contribution in [0.5, 0.6) is 0 Å². The molecule has 9 heteroatoms. The maximum atomic E-state index is 12.1. The van der Waals surface area contributed by atoms with Gasteiger partial charge >= 0.3 is 0 Å². The van der Waals surface area contributed by atoms with E-state index >= 15 is 0 Å². The van der Waals surface area contributed by atoms with Crippen LogP contribution >= 0.6 is 11.3 Å². The molecule has 7 nitrogen and oxygen atoms in total. The SMILES string of the molecule is C=CCN(CCOC)S(=O)(=O)c1nnc(N)s1. The zero-order valence-electron chi connectivity index (χ0n) is 9.37. The Morgan fingerprint density at radius 3 is 2.76 bits per heavy atom. The van der Waals surface area contributed by atoms with Crippen LogP contribution in [-0.4, -0.2) is 49.7 Å². The van der Waals surface area contributed by atoms with Gasteiger partial charge in [0.25, 0.3) is 10.0 Å². The zero-order valence-corrected chi connectivity index (χ0v) is 11.0. The van der Waals surface area contributed by atoms with Crippen molar-refractivity contribution in [1.82, 2.24) is 14.5 Å².